The summed E-state index contributed by atoms with van der Waals surface area (Å²) in [5, 5.41) is 7.41. The van der Waals surface area contributed by atoms with Gasteiger partial charge in [-0.2, -0.15) is 5.10 Å². The summed E-state index contributed by atoms with van der Waals surface area (Å²) >= 11 is 0. The Morgan fingerprint density at radius 2 is 1.64 bits per heavy atom. The van der Waals surface area contributed by atoms with Gasteiger partial charge in [-0.05, 0) is 50.2 Å². The van der Waals surface area contributed by atoms with Crippen molar-refractivity contribution >= 4 is 17.5 Å². The number of nitrogens with one attached hydrogen (secondary N) is 1. The van der Waals surface area contributed by atoms with E-state index in [0.29, 0.717) is 38.3 Å². The Balaban J connectivity index is 1.29. The maximum absolute atomic E-state index is 13.0. The van der Waals surface area contributed by atoms with E-state index < -0.39 is 0 Å². The molecule has 0 radical (unpaired) electrons. The second kappa shape index (κ2) is 9.95. The quantitative estimate of drug-likeness (QED) is 0.628. The maximum Gasteiger partial charge on any atom is 0.238 e. The van der Waals surface area contributed by atoms with E-state index >= 15 is 0 Å². The number of carbonyl (C=O) groups is 2. The number of halogens is 1. The lowest BCUT2D eigenvalue weighted by atomic mass is 10.1. The van der Waals surface area contributed by atoms with Crippen LogP contribution in [0.25, 0.3) is 5.69 Å². The Kier molecular flexibility index (Phi) is 6.84. The molecule has 7 nitrogen and oxygen atoms in total. The molecule has 8 heteroatoms. The Bertz CT molecular complexity index is 1120. The van der Waals surface area contributed by atoms with E-state index in [9.17, 15) is 14.0 Å². The number of amides is 2. The molecule has 33 heavy (non-hydrogen) atoms. The van der Waals surface area contributed by atoms with Crippen molar-refractivity contribution in [3.63, 3.8) is 0 Å². The Labute approximate surface area is 192 Å². The van der Waals surface area contributed by atoms with Crippen LogP contribution >= 0.6 is 0 Å². The minimum atomic E-state index is -0.341. The van der Waals surface area contributed by atoms with E-state index in [2.05, 4.69) is 10.4 Å². The molecule has 0 bridgehead atoms. The highest BCUT2D eigenvalue weighted by Crippen LogP contribution is 2.19. The summed E-state index contributed by atoms with van der Waals surface area (Å²) in [5.74, 6) is -0.420. The molecule has 1 aliphatic rings. The number of aromatic nitrogens is 2. The van der Waals surface area contributed by atoms with Gasteiger partial charge in [0.15, 0.2) is 0 Å². The van der Waals surface area contributed by atoms with Gasteiger partial charge in [0.25, 0.3) is 0 Å². The smallest absolute Gasteiger partial charge is 0.238 e. The molecular formula is C25H28FN5O2. The number of piperazine rings is 1. The molecule has 0 saturated carbocycles. The SMILES string of the molecule is Cc1nn(-c2ccccc2)c(C)c1CC(=O)N1CCN(CC(=O)Nc2ccc(F)cc2)CC1. The van der Waals surface area contributed by atoms with E-state index in [-0.39, 0.29) is 24.2 Å². The van der Waals surface area contributed by atoms with Crippen molar-refractivity contribution in [3.8, 4) is 5.69 Å². The van der Waals surface area contributed by atoms with Crippen molar-refractivity contribution in [2.75, 3.05) is 38.0 Å². The van der Waals surface area contributed by atoms with Gasteiger partial charge in [0, 0.05) is 43.1 Å². The fraction of sp³-hybridized carbons (Fsp3) is 0.320. The minimum Gasteiger partial charge on any atom is -0.340 e. The fourth-order valence-electron chi connectivity index (χ4n) is 4.11. The molecule has 3 aromatic rings. The van der Waals surface area contributed by atoms with Gasteiger partial charge in [-0.25, -0.2) is 9.07 Å². The van der Waals surface area contributed by atoms with Crippen LogP contribution in [0.3, 0.4) is 0 Å². The van der Waals surface area contributed by atoms with Gasteiger partial charge >= 0.3 is 0 Å². The Hall–Kier alpha value is -3.52. The van der Waals surface area contributed by atoms with Crippen LogP contribution in [0.15, 0.2) is 54.6 Å². The van der Waals surface area contributed by atoms with Crippen LogP contribution < -0.4 is 5.32 Å². The van der Waals surface area contributed by atoms with E-state index in [1.165, 1.54) is 24.3 Å². The summed E-state index contributed by atoms with van der Waals surface area (Å²) in [5.41, 5.74) is 4.34. The number of carbonyl (C=O) groups excluding carboxylic acids is 2. The molecule has 0 unspecified atom stereocenters. The second-order valence-corrected chi connectivity index (χ2v) is 8.29. The number of rotatable bonds is 6. The summed E-state index contributed by atoms with van der Waals surface area (Å²) in [6.45, 7) is 6.58. The number of nitrogens with zero attached hydrogens (tertiary/aromatic N) is 4. The monoisotopic (exact) mass is 449 g/mol. The highest BCUT2D eigenvalue weighted by atomic mass is 19.1. The standard InChI is InChI=1S/C25H28FN5O2/c1-18-23(19(2)31(28-18)22-6-4-3-5-7-22)16-25(33)30-14-12-29(13-15-30)17-24(32)27-21-10-8-20(26)9-11-21/h3-11H,12-17H2,1-2H3,(H,27,32). The number of anilines is 1. The lowest BCUT2D eigenvalue weighted by Gasteiger charge is -2.34. The Morgan fingerprint density at radius 3 is 2.30 bits per heavy atom. The number of para-hydroxylation sites is 1. The normalized spacial score (nSPS) is 14.3. The van der Waals surface area contributed by atoms with E-state index in [1.807, 2.05) is 58.7 Å². The van der Waals surface area contributed by atoms with Gasteiger partial charge in [-0.1, -0.05) is 18.2 Å². The van der Waals surface area contributed by atoms with Crippen LogP contribution in [0.2, 0.25) is 0 Å². The van der Waals surface area contributed by atoms with Crippen molar-refractivity contribution in [2.24, 2.45) is 0 Å². The van der Waals surface area contributed by atoms with Crippen molar-refractivity contribution in [3.05, 3.63) is 77.4 Å². The number of aryl methyl sites for hydroxylation is 1. The molecule has 1 aliphatic heterocycles. The van der Waals surface area contributed by atoms with E-state index in [1.54, 1.807) is 0 Å². The molecule has 2 heterocycles. The molecule has 1 fully saturated rings. The summed E-state index contributed by atoms with van der Waals surface area (Å²) in [4.78, 5) is 29.1. The van der Waals surface area contributed by atoms with Crippen LogP contribution in [0.5, 0.6) is 0 Å². The minimum absolute atomic E-state index is 0.0734. The summed E-state index contributed by atoms with van der Waals surface area (Å²) < 4.78 is 14.9. The molecule has 2 aromatic carbocycles. The first-order chi connectivity index (χ1) is 15.9. The van der Waals surface area contributed by atoms with E-state index in [4.69, 9.17) is 0 Å². The average Bonchev–Trinajstić information content (AvgIpc) is 3.10. The van der Waals surface area contributed by atoms with Gasteiger partial charge in [-0.15, -0.1) is 0 Å². The van der Waals surface area contributed by atoms with Gasteiger partial charge in [0.2, 0.25) is 11.8 Å². The van der Waals surface area contributed by atoms with Crippen LogP contribution in [0, 0.1) is 19.7 Å². The van der Waals surface area contributed by atoms with Crippen molar-refractivity contribution in [2.45, 2.75) is 20.3 Å². The summed E-state index contributed by atoms with van der Waals surface area (Å²) in [7, 11) is 0. The molecule has 4 rings (SSSR count). The number of hydrogen-bond donors (Lipinski definition) is 1. The zero-order chi connectivity index (χ0) is 23.4. The molecule has 172 valence electrons. The van der Waals surface area contributed by atoms with Crippen LogP contribution in [0.1, 0.15) is 17.0 Å². The van der Waals surface area contributed by atoms with Gasteiger partial charge in [0.1, 0.15) is 5.82 Å². The zero-order valence-electron chi connectivity index (χ0n) is 18.9. The van der Waals surface area contributed by atoms with Crippen molar-refractivity contribution < 1.29 is 14.0 Å². The molecule has 1 N–H and O–H groups in total. The van der Waals surface area contributed by atoms with Crippen LogP contribution in [-0.2, 0) is 16.0 Å². The summed E-state index contributed by atoms with van der Waals surface area (Å²) in [6, 6.07) is 15.6. The van der Waals surface area contributed by atoms with Crippen LogP contribution in [-0.4, -0.2) is 64.1 Å². The van der Waals surface area contributed by atoms with Gasteiger partial charge < -0.3 is 10.2 Å². The first kappa shape index (κ1) is 22.7. The maximum atomic E-state index is 13.0. The lowest BCUT2D eigenvalue weighted by molar-refractivity contribution is -0.132. The predicted molar refractivity (Wildman–Crippen MR) is 125 cm³/mol. The molecule has 0 aliphatic carbocycles. The number of hydrogen-bond acceptors (Lipinski definition) is 4. The van der Waals surface area contributed by atoms with Crippen molar-refractivity contribution in [1.82, 2.24) is 19.6 Å². The molecule has 0 atom stereocenters. The average molecular weight is 450 g/mol. The molecule has 1 aromatic heterocycles. The summed E-state index contributed by atoms with van der Waals surface area (Å²) in [6.07, 6.45) is 0.315. The molecule has 2 amide bonds. The third-order valence-corrected chi connectivity index (χ3v) is 5.99. The fourth-order valence-corrected chi connectivity index (χ4v) is 4.11. The Morgan fingerprint density at radius 1 is 0.970 bits per heavy atom. The van der Waals surface area contributed by atoms with Gasteiger partial charge in [-0.3, -0.25) is 14.5 Å². The van der Waals surface area contributed by atoms with E-state index in [0.717, 1.165) is 22.6 Å². The van der Waals surface area contributed by atoms with Gasteiger partial charge in [0.05, 0.1) is 24.3 Å². The zero-order valence-corrected chi connectivity index (χ0v) is 18.9. The highest BCUT2D eigenvalue weighted by molar-refractivity contribution is 5.92. The first-order valence-electron chi connectivity index (χ1n) is 11.1. The second-order valence-electron chi connectivity index (χ2n) is 8.29. The molecule has 0 spiro atoms. The number of benzene rings is 2. The molecule has 1 saturated heterocycles. The third kappa shape index (κ3) is 5.46. The predicted octanol–water partition coefficient (Wildman–Crippen LogP) is 2.95. The first-order valence-corrected chi connectivity index (χ1v) is 11.1. The highest BCUT2D eigenvalue weighted by Gasteiger charge is 2.24. The molecular weight excluding hydrogens is 421 g/mol. The van der Waals surface area contributed by atoms with Crippen LogP contribution in [0.4, 0.5) is 10.1 Å². The topological polar surface area (TPSA) is 70.5 Å². The van der Waals surface area contributed by atoms with Crippen molar-refractivity contribution in [1.29, 1.82) is 0 Å². The lowest BCUT2D eigenvalue weighted by Crippen LogP contribution is -2.50. The third-order valence-electron chi connectivity index (χ3n) is 5.99. The largest absolute Gasteiger partial charge is 0.340 e.